The molecule has 0 radical (unpaired) electrons. The summed E-state index contributed by atoms with van der Waals surface area (Å²) in [5.41, 5.74) is 0.808. The van der Waals surface area contributed by atoms with Crippen LogP contribution >= 0.6 is 0 Å². The van der Waals surface area contributed by atoms with Crippen LogP contribution in [0.5, 0.6) is 0 Å². The van der Waals surface area contributed by atoms with E-state index < -0.39 is 10.0 Å². The van der Waals surface area contributed by atoms with Gasteiger partial charge in [0.25, 0.3) is 0 Å². The Labute approximate surface area is 128 Å². The van der Waals surface area contributed by atoms with Gasteiger partial charge in [0.2, 0.25) is 10.0 Å². The predicted octanol–water partition coefficient (Wildman–Crippen LogP) is 1.52. The number of benzene rings is 1. The number of nitrogens with one attached hydrogen (secondary N) is 1. The summed E-state index contributed by atoms with van der Waals surface area (Å²) in [5.74, 6) is 0. The maximum absolute atomic E-state index is 12.5. The number of rotatable bonds is 5. The van der Waals surface area contributed by atoms with Crippen molar-refractivity contribution in [1.29, 1.82) is 0 Å². The molecule has 0 amide bonds. The van der Waals surface area contributed by atoms with Crippen molar-refractivity contribution in [2.45, 2.75) is 30.7 Å². The van der Waals surface area contributed by atoms with E-state index in [1.807, 2.05) is 12.1 Å². The highest BCUT2D eigenvalue weighted by atomic mass is 32.2. The Morgan fingerprint density at radius 3 is 2.57 bits per heavy atom. The molecule has 1 aromatic carbocycles. The molecular formula is C15H25N3O2S. The van der Waals surface area contributed by atoms with Crippen LogP contribution in [-0.4, -0.2) is 52.5 Å². The molecule has 1 aliphatic heterocycles. The second kappa shape index (κ2) is 6.77. The summed E-state index contributed by atoms with van der Waals surface area (Å²) in [6.45, 7) is 4.83. The van der Waals surface area contributed by atoms with E-state index in [0.717, 1.165) is 38.2 Å². The summed E-state index contributed by atoms with van der Waals surface area (Å²) < 4.78 is 26.4. The third-order valence-electron chi connectivity index (χ3n) is 3.99. The summed E-state index contributed by atoms with van der Waals surface area (Å²) in [4.78, 5) is 2.60. The lowest BCUT2D eigenvalue weighted by Crippen LogP contribution is -2.46. The third-order valence-corrected chi connectivity index (χ3v) is 5.85. The largest absolute Gasteiger partial charge is 0.366 e. The van der Waals surface area contributed by atoms with Crippen molar-refractivity contribution < 1.29 is 8.42 Å². The minimum absolute atomic E-state index is 0.349. The molecule has 1 N–H and O–H groups in total. The van der Waals surface area contributed by atoms with Gasteiger partial charge in [-0.2, -0.15) is 0 Å². The van der Waals surface area contributed by atoms with Gasteiger partial charge in [-0.1, -0.05) is 12.1 Å². The van der Waals surface area contributed by atoms with Crippen molar-refractivity contribution in [2.75, 3.05) is 38.6 Å². The van der Waals surface area contributed by atoms with Crippen LogP contribution < -0.4 is 10.2 Å². The lowest BCUT2D eigenvalue weighted by Gasteiger charge is -2.36. The third kappa shape index (κ3) is 3.39. The Kier molecular flexibility index (Phi) is 5.24. The SMILES string of the molecule is CCN(c1ccccc1S(=O)(=O)N(C)C)C1CCCNC1. The average molecular weight is 311 g/mol. The van der Waals surface area contributed by atoms with Crippen LogP contribution in [0.25, 0.3) is 0 Å². The molecule has 1 heterocycles. The molecule has 118 valence electrons. The normalized spacial score (nSPS) is 19.7. The van der Waals surface area contributed by atoms with Crippen molar-refractivity contribution in [3.8, 4) is 0 Å². The van der Waals surface area contributed by atoms with Gasteiger partial charge in [0.05, 0.1) is 5.69 Å². The second-order valence-electron chi connectivity index (χ2n) is 5.54. The number of para-hydroxylation sites is 1. The Hall–Kier alpha value is -1.11. The maximum Gasteiger partial charge on any atom is 0.244 e. The fourth-order valence-corrected chi connectivity index (χ4v) is 3.93. The van der Waals surface area contributed by atoms with E-state index in [1.165, 1.54) is 4.31 Å². The highest BCUT2D eigenvalue weighted by molar-refractivity contribution is 7.89. The van der Waals surface area contributed by atoms with Crippen LogP contribution in [0.2, 0.25) is 0 Å². The standard InChI is InChI=1S/C15H25N3O2S/c1-4-18(13-8-7-11-16-12-13)14-9-5-6-10-15(14)21(19,20)17(2)3/h5-6,9-10,13,16H,4,7-8,11-12H2,1-3H3. The first-order chi connectivity index (χ1) is 9.98. The first kappa shape index (κ1) is 16.3. The monoisotopic (exact) mass is 311 g/mol. The van der Waals surface area contributed by atoms with Gasteiger partial charge in [0, 0.05) is 33.2 Å². The van der Waals surface area contributed by atoms with Crippen LogP contribution in [0.4, 0.5) is 5.69 Å². The molecule has 21 heavy (non-hydrogen) atoms. The molecule has 1 aromatic rings. The van der Waals surface area contributed by atoms with Crippen molar-refractivity contribution in [1.82, 2.24) is 9.62 Å². The van der Waals surface area contributed by atoms with Crippen LogP contribution in [0.15, 0.2) is 29.2 Å². The molecule has 1 unspecified atom stereocenters. The molecule has 1 fully saturated rings. The predicted molar refractivity (Wildman–Crippen MR) is 86.2 cm³/mol. The Balaban J connectivity index is 2.42. The van der Waals surface area contributed by atoms with Crippen LogP contribution in [0.1, 0.15) is 19.8 Å². The van der Waals surface area contributed by atoms with Gasteiger partial charge in [0.1, 0.15) is 4.90 Å². The van der Waals surface area contributed by atoms with Crippen molar-refractivity contribution in [3.63, 3.8) is 0 Å². The van der Waals surface area contributed by atoms with Crippen LogP contribution in [-0.2, 0) is 10.0 Å². The topological polar surface area (TPSA) is 52.7 Å². The van der Waals surface area contributed by atoms with E-state index in [4.69, 9.17) is 0 Å². The maximum atomic E-state index is 12.5. The van der Waals surface area contributed by atoms with Gasteiger partial charge in [0.15, 0.2) is 0 Å². The molecule has 5 nitrogen and oxygen atoms in total. The molecule has 0 aliphatic carbocycles. The highest BCUT2D eigenvalue weighted by Crippen LogP contribution is 2.29. The molecule has 1 atom stereocenters. The zero-order valence-electron chi connectivity index (χ0n) is 13.0. The van der Waals surface area contributed by atoms with Crippen molar-refractivity contribution >= 4 is 15.7 Å². The van der Waals surface area contributed by atoms with E-state index in [9.17, 15) is 8.42 Å². The zero-order chi connectivity index (χ0) is 15.5. The minimum atomic E-state index is -3.43. The molecule has 0 bridgehead atoms. The molecule has 1 aliphatic rings. The highest BCUT2D eigenvalue weighted by Gasteiger charge is 2.27. The van der Waals surface area contributed by atoms with Crippen LogP contribution in [0, 0.1) is 0 Å². The summed E-state index contributed by atoms with van der Waals surface area (Å²) in [6.07, 6.45) is 2.22. The number of piperidine rings is 1. The summed E-state index contributed by atoms with van der Waals surface area (Å²) in [7, 11) is -0.282. The lowest BCUT2D eigenvalue weighted by atomic mass is 10.0. The fourth-order valence-electron chi connectivity index (χ4n) is 2.83. The first-order valence-electron chi connectivity index (χ1n) is 7.47. The molecule has 0 aromatic heterocycles. The Morgan fingerprint density at radius 1 is 1.29 bits per heavy atom. The number of nitrogens with zero attached hydrogens (tertiary/aromatic N) is 2. The van der Waals surface area contributed by atoms with Gasteiger partial charge in [-0.3, -0.25) is 0 Å². The molecule has 1 saturated heterocycles. The number of hydrogen-bond acceptors (Lipinski definition) is 4. The van der Waals surface area contributed by atoms with Gasteiger partial charge in [-0.05, 0) is 38.4 Å². The molecule has 0 spiro atoms. The van der Waals surface area contributed by atoms with E-state index in [-0.39, 0.29) is 0 Å². The second-order valence-corrected chi connectivity index (χ2v) is 7.66. The van der Waals surface area contributed by atoms with Gasteiger partial charge in [-0.25, -0.2) is 12.7 Å². The van der Waals surface area contributed by atoms with E-state index in [0.29, 0.717) is 10.9 Å². The zero-order valence-corrected chi connectivity index (χ0v) is 13.9. The molecule has 6 heteroatoms. The van der Waals surface area contributed by atoms with E-state index in [2.05, 4.69) is 17.1 Å². The van der Waals surface area contributed by atoms with Gasteiger partial charge in [-0.15, -0.1) is 0 Å². The average Bonchev–Trinajstić information content (AvgIpc) is 2.49. The summed E-state index contributed by atoms with van der Waals surface area (Å²) in [5, 5.41) is 3.40. The molecule has 0 saturated carbocycles. The lowest BCUT2D eigenvalue weighted by molar-refractivity contribution is 0.433. The van der Waals surface area contributed by atoms with Crippen molar-refractivity contribution in [3.05, 3.63) is 24.3 Å². The quantitative estimate of drug-likeness (QED) is 0.896. The molecular weight excluding hydrogens is 286 g/mol. The summed E-state index contributed by atoms with van der Waals surface area (Å²) in [6, 6.07) is 7.65. The van der Waals surface area contributed by atoms with E-state index in [1.54, 1.807) is 26.2 Å². The Bertz CT molecular complexity index is 566. The number of hydrogen-bond donors (Lipinski definition) is 1. The number of sulfonamides is 1. The van der Waals surface area contributed by atoms with Gasteiger partial charge >= 0.3 is 0 Å². The number of likely N-dealkylation sites (N-methyl/N-ethyl adjacent to an activating group) is 1. The first-order valence-corrected chi connectivity index (χ1v) is 8.91. The fraction of sp³-hybridized carbons (Fsp3) is 0.600. The minimum Gasteiger partial charge on any atom is -0.366 e. The van der Waals surface area contributed by atoms with E-state index >= 15 is 0 Å². The van der Waals surface area contributed by atoms with Crippen LogP contribution in [0.3, 0.4) is 0 Å². The van der Waals surface area contributed by atoms with Gasteiger partial charge < -0.3 is 10.2 Å². The smallest absolute Gasteiger partial charge is 0.244 e. The Morgan fingerprint density at radius 2 is 2.00 bits per heavy atom. The number of anilines is 1. The summed E-state index contributed by atoms with van der Waals surface area (Å²) >= 11 is 0. The van der Waals surface area contributed by atoms with Crippen molar-refractivity contribution in [2.24, 2.45) is 0 Å². The molecule has 2 rings (SSSR count).